The van der Waals surface area contributed by atoms with Gasteiger partial charge in [-0.05, 0) is 118 Å². The van der Waals surface area contributed by atoms with E-state index in [9.17, 15) is 5.11 Å². The number of para-hydroxylation sites is 2. The zero-order valence-electron chi connectivity index (χ0n) is 36.1. The number of benzene rings is 8. The minimum atomic E-state index is 0.116. The molecule has 0 aliphatic heterocycles. The predicted molar refractivity (Wildman–Crippen MR) is 266 cm³/mol. The lowest BCUT2D eigenvalue weighted by molar-refractivity contribution is 0.481. The van der Waals surface area contributed by atoms with Gasteiger partial charge in [-0.25, -0.2) is 0 Å². The van der Waals surface area contributed by atoms with Crippen molar-refractivity contribution in [3.8, 4) is 33.7 Å². The zero-order chi connectivity index (χ0) is 42.7. The normalized spacial score (nSPS) is 14.0. The molecule has 2 aliphatic carbocycles. The maximum Gasteiger partial charge on any atom is 0.124 e. The molecule has 1 aromatic heterocycles. The van der Waals surface area contributed by atoms with Crippen molar-refractivity contribution in [1.29, 1.82) is 0 Å². The minimum Gasteiger partial charge on any atom is -0.507 e. The van der Waals surface area contributed by atoms with Crippen LogP contribution >= 0.6 is 0 Å². The molecule has 0 amide bonds. The van der Waals surface area contributed by atoms with Crippen molar-refractivity contribution >= 4 is 43.7 Å². The van der Waals surface area contributed by atoms with Crippen LogP contribution in [-0.2, 0) is 0 Å². The number of phenolic OH excluding ortho intramolecular Hbond substituents is 1. The molecule has 1 N–H and O–H groups in total. The number of nitrogens with zero attached hydrogens (tertiary/aromatic N) is 1. The van der Waals surface area contributed by atoms with Crippen LogP contribution in [0.5, 0.6) is 5.75 Å². The smallest absolute Gasteiger partial charge is 0.124 e. The van der Waals surface area contributed by atoms with Gasteiger partial charge in [0.1, 0.15) is 5.75 Å². The molecule has 2 nitrogen and oxygen atoms in total. The van der Waals surface area contributed by atoms with Gasteiger partial charge >= 0.3 is 0 Å². The van der Waals surface area contributed by atoms with Crippen LogP contribution in [0.3, 0.4) is 0 Å². The molecule has 1 atom stereocenters. The summed E-state index contributed by atoms with van der Waals surface area (Å²) < 4.78 is 2.36. The highest BCUT2D eigenvalue weighted by Crippen LogP contribution is 2.47. The second kappa shape index (κ2) is 17.3. The molecule has 0 saturated heterocycles. The van der Waals surface area contributed by atoms with Crippen molar-refractivity contribution in [2.75, 3.05) is 0 Å². The molecule has 9 aromatic rings. The van der Waals surface area contributed by atoms with Crippen LogP contribution < -0.4 is 0 Å². The molecule has 11 rings (SSSR count). The van der Waals surface area contributed by atoms with E-state index in [0.29, 0.717) is 5.75 Å². The first-order valence-electron chi connectivity index (χ1n) is 21.8. The van der Waals surface area contributed by atoms with Gasteiger partial charge in [-0.1, -0.05) is 195 Å². The van der Waals surface area contributed by atoms with Crippen LogP contribution in [0, 0.1) is 26.7 Å². The summed E-state index contributed by atoms with van der Waals surface area (Å²) in [6.07, 6.45) is 11.2. The van der Waals surface area contributed by atoms with Gasteiger partial charge in [-0.15, -0.1) is 0 Å². The number of hydrogen-bond acceptors (Lipinski definition) is 1. The van der Waals surface area contributed by atoms with E-state index in [1.807, 2.05) is 26.0 Å². The lowest BCUT2D eigenvalue weighted by Crippen LogP contribution is -2.05. The molecule has 1 heterocycles. The fourth-order valence-electron chi connectivity index (χ4n) is 9.26. The van der Waals surface area contributed by atoms with E-state index >= 15 is 0 Å². The van der Waals surface area contributed by atoms with Gasteiger partial charge in [0.2, 0.25) is 0 Å². The molecule has 0 saturated carbocycles. The molecule has 0 radical (unpaired) electrons. The number of fused-ring (bicyclic) bond motifs is 5. The monoisotopic (exact) mass is 801 g/mol. The Morgan fingerprint density at radius 1 is 0.468 bits per heavy atom. The van der Waals surface area contributed by atoms with E-state index in [1.165, 1.54) is 71.9 Å². The zero-order valence-corrected chi connectivity index (χ0v) is 36.1. The molecule has 2 heteroatoms. The van der Waals surface area contributed by atoms with Crippen molar-refractivity contribution in [2.45, 2.75) is 34.6 Å². The Morgan fingerprint density at radius 2 is 1.02 bits per heavy atom. The van der Waals surface area contributed by atoms with Crippen molar-refractivity contribution in [1.82, 2.24) is 4.57 Å². The minimum absolute atomic E-state index is 0.116. The highest BCUT2D eigenvalue weighted by atomic mass is 16.3. The Labute approximate surface area is 365 Å². The molecular formula is C60H51NO. The van der Waals surface area contributed by atoms with Crippen LogP contribution in [0.4, 0.5) is 0 Å². The summed E-state index contributed by atoms with van der Waals surface area (Å²) in [5.41, 5.74) is 18.4. The van der Waals surface area contributed by atoms with E-state index in [1.54, 1.807) is 0 Å². The number of aryl methyl sites for hydroxylation is 3. The third-order valence-electron chi connectivity index (χ3n) is 12.3. The molecule has 1 unspecified atom stereocenters. The first-order valence-corrected chi connectivity index (χ1v) is 21.8. The number of allylic oxidation sites excluding steroid dienone is 8. The van der Waals surface area contributed by atoms with E-state index in [4.69, 9.17) is 0 Å². The van der Waals surface area contributed by atoms with Crippen molar-refractivity contribution in [2.24, 2.45) is 5.92 Å². The third-order valence-corrected chi connectivity index (χ3v) is 12.3. The molecule has 8 aromatic carbocycles. The molecule has 62 heavy (non-hydrogen) atoms. The highest BCUT2D eigenvalue weighted by Gasteiger charge is 2.27. The van der Waals surface area contributed by atoms with Gasteiger partial charge in [0, 0.05) is 27.8 Å². The summed E-state index contributed by atoms with van der Waals surface area (Å²) in [7, 11) is 0. The summed E-state index contributed by atoms with van der Waals surface area (Å²) in [5, 5.41) is 15.7. The summed E-state index contributed by atoms with van der Waals surface area (Å²) in [4.78, 5) is 0. The van der Waals surface area contributed by atoms with E-state index in [0.717, 1.165) is 33.2 Å². The van der Waals surface area contributed by atoms with E-state index in [2.05, 4.69) is 220 Å². The third kappa shape index (κ3) is 7.28. The molecule has 2 aliphatic rings. The second-order valence-electron chi connectivity index (χ2n) is 16.0. The number of aromatic hydroxyl groups is 1. The Bertz CT molecular complexity index is 3130. The van der Waals surface area contributed by atoms with Gasteiger partial charge in [-0.2, -0.15) is 0 Å². The molecular weight excluding hydrogens is 751 g/mol. The summed E-state index contributed by atoms with van der Waals surface area (Å²) in [5.74, 6) is 0.426. The van der Waals surface area contributed by atoms with Gasteiger partial charge in [0.05, 0.1) is 11.0 Å². The molecule has 0 fully saturated rings. The maximum atomic E-state index is 11.2. The van der Waals surface area contributed by atoms with E-state index < -0.39 is 0 Å². The summed E-state index contributed by atoms with van der Waals surface area (Å²) >= 11 is 0. The molecule has 0 spiro atoms. The first kappa shape index (κ1) is 40.0. The van der Waals surface area contributed by atoms with Crippen molar-refractivity contribution in [3.05, 3.63) is 240 Å². The van der Waals surface area contributed by atoms with Gasteiger partial charge < -0.3 is 9.67 Å². The van der Waals surface area contributed by atoms with Crippen LogP contribution in [0.25, 0.3) is 71.7 Å². The van der Waals surface area contributed by atoms with Gasteiger partial charge in [0.15, 0.2) is 0 Å². The number of aromatic nitrogens is 1. The average molecular weight is 802 g/mol. The van der Waals surface area contributed by atoms with E-state index in [-0.39, 0.29) is 5.92 Å². The van der Waals surface area contributed by atoms with Crippen LogP contribution in [-0.4, -0.2) is 9.67 Å². The first-order chi connectivity index (χ1) is 30.4. The fourth-order valence-corrected chi connectivity index (χ4v) is 9.26. The number of rotatable bonds is 5. The SMILES string of the molecule is CC.Cc1ccc(-c2ccc(O)c3c(C4=CC=CC5=C(c6ccc(-n7c8ccccc8c8ccccc87)cc6)C=CC45)cccc23)cc1.Cc1ccccc1-c1ccccc1C. The van der Waals surface area contributed by atoms with Crippen LogP contribution in [0.15, 0.2) is 212 Å². The van der Waals surface area contributed by atoms with Crippen molar-refractivity contribution < 1.29 is 5.11 Å². The largest absolute Gasteiger partial charge is 0.507 e. The number of hydrogen-bond donors (Lipinski definition) is 1. The lowest BCUT2D eigenvalue weighted by atomic mass is 9.81. The van der Waals surface area contributed by atoms with Gasteiger partial charge in [0.25, 0.3) is 0 Å². The Hall–Kier alpha value is -7.42. The Kier molecular flexibility index (Phi) is 11.2. The van der Waals surface area contributed by atoms with Crippen LogP contribution in [0.2, 0.25) is 0 Å². The highest BCUT2D eigenvalue weighted by molar-refractivity contribution is 6.09. The van der Waals surface area contributed by atoms with Crippen LogP contribution in [0.1, 0.15) is 41.7 Å². The predicted octanol–water partition coefficient (Wildman–Crippen LogP) is 16.2. The molecule has 302 valence electrons. The lowest BCUT2D eigenvalue weighted by Gasteiger charge is -2.22. The fraction of sp³-hybridized carbons (Fsp3) is 0.100. The standard InChI is InChI=1S/C44H31NO.C14H14.C2H6/c1-28-16-18-29(19-17-28)33-26-27-43(46)44-39(33)12-7-13-40(44)35-11-6-10-34-32(24-25-36(34)35)30-20-22-31(23-21-30)45-41-14-4-2-8-37(41)38-9-3-5-15-42(38)45;1-11-7-3-5-9-13(11)14-10-6-4-8-12(14)2;1-2/h2-27,36,46H,1H3;3-10H,1-2H3;1-2H3. The summed E-state index contributed by atoms with van der Waals surface area (Å²) in [6.45, 7) is 10.4. The van der Waals surface area contributed by atoms with Gasteiger partial charge in [-0.3, -0.25) is 0 Å². The average Bonchev–Trinajstić information content (AvgIpc) is 3.91. The maximum absolute atomic E-state index is 11.2. The Balaban J connectivity index is 0.000000259. The summed E-state index contributed by atoms with van der Waals surface area (Å²) in [6, 6.07) is 62.1. The Morgan fingerprint density at radius 3 is 1.65 bits per heavy atom. The quantitative estimate of drug-likeness (QED) is 0.184. The second-order valence-corrected chi connectivity index (χ2v) is 16.0. The topological polar surface area (TPSA) is 25.2 Å². The van der Waals surface area contributed by atoms with Crippen molar-refractivity contribution in [3.63, 3.8) is 0 Å². The molecule has 0 bridgehead atoms. The number of phenols is 1.